The number of hydrogen-bond acceptors (Lipinski definition) is 7. The number of non-ortho nitro benzene ring substituents is 1. The van der Waals surface area contributed by atoms with Gasteiger partial charge in [0.15, 0.2) is 0 Å². The molecule has 0 spiro atoms. The zero-order valence-electron chi connectivity index (χ0n) is 10.9. The van der Waals surface area contributed by atoms with Crippen LogP contribution in [-0.4, -0.2) is 15.8 Å². The lowest BCUT2D eigenvalue weighted by molar-refractivity contribution is -0.396. The number of carbonyl (C=O) groups is 1. The van der Waals surface area contributed by atoms with Crippen molar-refractivity contribution in [3.05, 3.63) is 74.3 Å². The van der Waals surface area contributed by atoms with Gasteiger partial charge in [0, 0.05) is 6.07 Å². The fraction of sp³-hybridized carbons (Fsp3) is 0. The summed E-state index contributed by atoms with van der Waals surface area (Å²) in [5.41, 5.74) is -0.620. The smallest absolute Gasteiger partial charge is 0.350 e. The monoisotopic (exact) mass is 320 g/mol. The Bertz CT molecular complexity index is 735. The predicted octanol–water partition coefficient (Wildman–Crippen LogP) is 3.37. The number of nitro benzene ring substituents is 2. The first-order valence-electron chi connectivity index (χ1n) is 5.86. The van der Waals surface area contributed by atoms with Crippen LogP contribution >= 0.6 is 12.0 Å². The molecule has 0 N–H and O–H groups in total. The minimum atomic E-state index is -0.772. The van der Waals surface area contributed by atoms with Crippen molar-refractivity contribution in [2.75, 3.05) is 0 Å². The Morgan fingerprint density at radius 1 is 1.00 bits per heavy atom. The summed E-state index contributed by atoms with van der Waals surface area (Å²) in [6, 6.07) is 11.2. The maximum absolute atomic E-state index is 11.8. The molecule has 112 valence electrons. The van der Waals surface area contributed by atoms with Crippen LogP contribution in [0.3, 0.4) is 0 Å². The molecule has 0 aliphatic heterocycles. The summed E-state index contributed by atoms with van der Waals surface area (Å²) in [4.78, 5) is 31.8. The van der Waals surface area contributed by atoms with Crippen LogP contribution in [-0.2, 0) is 4.18 Å². The molecular formula is C13H8N2O6S. The fourth-order valence-electron chi connectivity index (χ4n) is 1.54. The standard InChI is InChI=1S/C13H8N2O6S/c16-13(9-4-2-1-3-5-9)21-22-12-7-6-10(14(17)18)8-11(12)15(19)20/h1-8H. The first-order valence-corrected chi connectivity index (χ1v) is 6.60. The molecule has 22 heavy (non-hydrogen) atoms. The normalized spacial score (nSPS) is 10.0. The molecule has 0 atom stereocenters. The Balaban J connectivity index is 2.17. The van der Waals surface area contributed by atoms with Crippen LogP contribution < -0.4 is 0 Å². The molecule has 9 heteroatoms. The fourth-order valence-corrected chi connectivity index (χ4v) is 2.14. The van der Waals surface area contributed by atoms with Gasteiger partial charge in [-0.15, -0.1) is 0 Å². The molecule has 0 bridgehead atoms. The maximum atomic E-state index is 11.8. The number of carbonyl (C=O) groups excluding carboxylic acids is 1. The summed E-state index contributed by atoms with van der Waals surface area (Å²) >= 11 is 0.485. The summed E-state index contributed by atoms with van der Waals surface area (Å²) in [5, 5.41) is 21.6. The van der Waals surface area contributed by atoms with Crippen molar-refractivity contribution in [1.82, 2.24) is 0 Å². The van der Waals surface area contributed by atoms with Gasteiger partial charge < -0.3 is 4.18 Å². The zero-order chi connectivity index (χ0) is 16.1. The SMILES string of the molecule is O=C(OSc1ccc([N+](=O)[O-])cc1[N+](=O)[O-])c1ccccc1. The van der Waals surface area contributed by atoms with E-state index in [9.17, 15) is 25.0 Å². The van der Waals surface area contributed by atoms with E-state index in [0.717, 1.165) is 12.1 Å². The minimum absolute atomic E-state index is 0.000110. The lowest BCUT2D eigenvalue weighted by Crippen LogP contribution is -2.00. The number of nitro groups is 2. The van der Waals surface area contributed by atoms with Crippen molar-refractivity contribution >= 4 is 29.4 Å². The molecule has 0 aromatic heterocycles. The number of nitrogens with zero attached hydrogens (tertiary/aromatic N) is 2. The number of benzene rings is 2. The van der Waals surface area contributed by atoms with Crippen molar-refractivity contribution < 1.29 is 18.8 Å². The summed E-state index contributed by atoms with van der Waals surface area (Å²) in [7, 11) is 0. The van der Waals surface area contributed by atoms with Gasteiger partial charge in [0.25, 0.3) is 11.4 Å². The van der Waals surface area contributed by atoms with Crippen LogP contribution in [0.4, 0.5) is 11.4 Å². The van der Waals surface area contributed by atoms with Gasteiger partial charge in [0.2, 0.25) is 0 Å². The molecule has 2 rings (SSSR count). The summed E-state index contributed by atoms with van der Waals surface area (Å²) in [6.07, 6.45) is 0. The maximum Gasteiger partial charge on any atom is 0.350 e. The van der Waals surface area contributed by atoms with E-state index >= 15 is 0 Å². The molecule has 0 saturated heterocycles. The van der Waals surface area contributed by atoms with E-state index in [4.69, 9.17) is 4.18 Å². The highest BCUT2D eigenvalue weighted by molar-refractivity contribution is 7.95. The van der Waals surface area contributed by atoms with E-state index in [1.54, 1.807) is 18.2 Å². The predicted molar refractivity (Wildman–Crippen MR) is 77.5 cm³/mol. The Morgan fingerprint density at radius 3 is 2.27 bits per heavy atom. The highest BCUT2D eigenvalue weighted by Crippen LogP contribution is 2.33. The van der Waals surface area contributed by atoms with Gasteiger partial charge in [-0.05, 0) is 18.2 Å². The largest absolute Gasteiger partial charge is 0.382 e. The van der Waals surface area contributed by atoms with E-state index < -0.39 is 27.2 Å². The van der Waals surface area contributed by atoms with E-state index in [2.05, 4.69) is 0 Å². The molecule has 2 aromatic carbocycles. The lowest BCUT2D eigenvalue weighted by Gasteiger charge is -2.03. The van der Waals surface area contributed by atoms with E-state index in [1.165, 1.54) is 18.2 Å². The van der Waals surface area contributed by atoms with Gasteiger partial charge in [-0.2, -0.15) is 0 Å². The first-order chi connectivity index (χ1) is 10.5. The van der Waals surface area contributed by atoms with E-state index in [-0.39, 0.29) is 4.90 Å². The van der Waals surface area contributed by atoms with Crippen LogP contribution in [0.1, 0.15) is 10.4 Å². The molecule has 0 heterocycles. The highest BCUT2D eigenvalue weighted by atomic mass is 32.2. The van der Waals surface area contributed by atoms with Crippen molar-refractivity contribution in [2.24, 2.45) is 0 Å². The first kappa shape index (κ1) is 15.4. The van der Waals surface area contributed by atoms with Crippen LogP contribution in [0.25, 0.3) is 0 Å². The van der Waals surface area contributed by atoms with Crippen molar-refractivity contribution in [3.8, 4) is 0 Å². The quantitative estimate of drug-likeness (QED) is 0.471. The Morgan fingerprint density at radius 2 is 1.68 bits per heavy atom. The lowest BCUT2D eigenvalue weighted by atomic mass is 10.2. The van der Waals surface area contributed by atoms with Crippen molar-refractivity contribution in [3.63, 3.8) is 0 Å². The molecule has 0 aliphatic carbocycles. The molecule has 0 amide bonds. The molecular weight excluding hydrogens is 312 g/mol. The molecule has 0 saturated carbocycles. The van der Waals surface area contributed by atoms with Gasteiger partial charge in [-0.25, -0.2) is 4.79 Å². The Kier molecular flexibility index (Phi) is 4.69. The zero-order valence-corrected chi connectivity index (χ0v) is 11.7. The van der Waals surface area contributed by atoms with E-state index in [0.29, 0.717) is 17.6 Å². The van der Waals surface area contributed by atoms with Gasteiger partial charge in [0.1, 0.15) is 16.9 Å². The Labute approximate surface area is 128 Å². The molecule has 0 aliphatic rings. The summed E-state index contributed by atoms with van der Waals surface area (Å²) in [6.45, 7) is 0. The second kappa shape index (κ2) is 6.68. The van der Waals surface area contributed by atoms with Crippen LogP contribution in [0.15, 0.2) is 53.4 Å². The average molecular weight is 320 g/mol. The molecule has 0 radical (unpaired) electrons. The minimum Gasteiger partial charge on any atom is -0.382 e. The van der Waals surface area contributed by atoms with Crippen molar-refractivity contribution in [2.45, 2.75) is 4.90 Å². The van der Waals surface area contributed by atoms with Crippen LogP contribution in [0.2, 0.25) is 0 Å². The molecule has 0 fully saturated rings. The molecule has 0 unspecified atom stereocenters. The number of rotatable bonds is 5. The average Bonchev–Trinajstić information content (AvgIpc) is 2.53. The molecule has 8 nitrogen and oxygen atoms in total. The van der Waals surface area contributed by atoms with Gasteiger partial charge >= 0.3 is 5.97 Å². The second-order valence-corrected chi connectivity index (χ2v) is 4.76. The molecule has 2 aromatic rings. The number of hydrogen-bond donors (Lipinski definition) is 0. The topological polar surface area (TPSA) is 113 Å². The third-order valence-corrected chi connectivity index (χ3v) is 3.33. The third-order valence-electron chi connectivity index (χ3n) is 2.57. The van der Waals surface area contributed by atoms with Crippen molar-refractivity contribution in [1.29, 1.82) is 0 Å². The highest BCUT2D eigenvalue weighted by Gasteiger charge is 2.21. The van der Waals surface area contributed by atoms with Gasteiger partial charge in [0.05, 0.1) is 21.5 Å². The van der Waals surface area contributed by atoms with Crippen LogP contribution in [0.5, 0.6) is 0 Å². The summed E-state index contributed by atoms with van der Waals surface area (Å²) in [5.74, 6) is -0.668. The van der Waals surface area contributed by atoms with Crippen LogP contribution in [0, 0.1) is 20.2 Å². The Hall–Kier alpha value is -2.94. The summed E-state index contributed by atoms with van der Waals surface area (Å²) < 4.78 is 4.91. The van der Waals surface area contributed by atoms with E-state index in [1.807, 2.05) is 0 Å². The second-order valence-electron chi connectivity index (χ2n) is 3.99. The van der Waals surface area contributed by atoms with Gasteiger partial charge in [-0.3, -0.25) is 20.2 Å². The third kappa shape index (κ3) is 3.58. The van der Waals surface area contributed by atoms with Gasteiger partial charge in [-0.1, -0.05) is 18.2 Å².